The van der Waals surface area contributed by atoms with E-state index in [1.54, 1.807) is 0 Å². The van der Waals surface area contributed by atoms with Gasteiger partial charge in [-0.1, -0.05) is 0 Å². The van der Waals surface area contributed by atoms with Gasteiger partial charge in [-0.3, -0.25) is 0 Å². The summed E-state index contributed by atoms with van der Waals surface area (Å²) in [4.78, 5) is 0. The summed E-state index contributed by atoms with van der Waals surface area (Å²) in [5.74, 6) is 0. The van der Waals surface area contributed by atoms with E-state index in [-0.39, 0.29) is 0 Å². The van der Waals surface area contributed by atoms with Gasteiger partial charge in [0.1, 0.15) is 0 Å². The maximum atomic E-state index is 10.4. The van der Waals surface area contributed by atoms with Crippen molar-refractivity contribution in [2.24, 2.45) is 0 Å². The zero-order valence-electron chi connectivity index (χ0n) is 2.34. The van der Waals surface area contributed by atoms with E-state index >= 15 is 0 Å². The van der Waals surface area contributed by atoms with Gasteiger partial charge >= 0.3 is 43.0 Å². The molecule has 0 aliphatic carbocycles. The molecule has 0 nitrogen and oxygen atoms in total. The topological polar surface area (TPSA) is 0 Å². The average Bonchev–Trinajstić information content (AvgIpc) is 0.722. The molecule has 26 valence electrons. The zero-order valence-corrected chi connectivity index (χ0v) is 7.84. The van der Waals surface area contributed by atoms with Crippen LogP contribution in [0.5, 0.6) is 0 Å². The van der Waals surface area contributed by atoms with Crippen LogP contribution in [-0.4, -0.2) is 3.69 Å². The van der Waals surface area contributed by atoms with Crippen molar-refractivity contribution in [1.82, 2.24) is 0 Å². The molecule has 0 rings (SSSR count). The Kier molecular flexibility index (Phi) is 1.66. The van der Waals surface area contributed by atoms with Gasteiger partial charge in [0, 0.05) is 0 Å². The van der Waals surface area contributed by atoms with Gasteiger partial charge in [0.2, 0.25) is 0 Å². The van der Waals surface area contributed by atoms with E-state index in [1.165, 1.54) is 0 Å². The molecule has 0 saturated heterocycles. The summed E-state index contributed by atoms with van der Waals surface area (Å²) in [6.07, 6.45) is 0. The SMILES string of the molecule is F[C](F)(F)[Hg+]. The Morgan fingerprint density at radius 2 is 1.20 bits per heavy atom. The van der Waals surface area contributed by atoms with Crippen LogP contribution >= 0.6 is 0 Å². The second kappa shape index (κ2) is 1.45. The number of hydrogen-bond donors (Lipinski definition) is 0. The fourth-order valence-corrected chi connectivity index (χ4v) is 0. The molecule has 0 fully saturated rings. The Hall–Kier alpha value is 0.725. The maximum absolute atomic E-state index is 10.4. The molecule has 0 aromatic rings. The molecule has 5 heavy (non-hydrogen) atoms. The predicted octanol–water partition coefficient (Wildman–Crippen LogP) is 1.05. The van der Waals surface area contributed by atoms with E-state index in [9.17, 15) is 13.2 Å². The molecule has 0 amide bonds. The van der Waals surface area contributed by atoms with E-state index < -0.39 is 29.8 Å². The fourth-order valence-electron chi connectivity index (χ4n) is 0. The van der Waals surface area contributed by atoms with Gasteiger partial charge < -0.3 is 0 Å². The van der Waals surface area contributed by atoms with E-state index in [4.69, 9.17) is 0 Å². The zero-order chi connectivity index (χ0) is 4.50. The first-order valence-corrected chi connectivity index (χ1v) is 3.67. The van der Waals surface area contributed by atoms with Crippen LogP contribution < -0.4 is 0 Å². The van der Waals surface area contributed by atoms with Gasteiger partial charge in [-0.15, -0.1) is 0 Å². The predicted molar refractivity (Wildman–Crippen MR) is 6.05 cm³/mol. The monoisotopic (exact) mass is 271 g/mol. The number of halogens is 3. The summed E-state index contributed by atoms with van der Waals surface area (Å²) >= 11 is -1.04. The molecule has 0 aliphatic heterocycles. The normalized spacial score (nSPS) is 12.2. The number of rotatable bonds is 0. The fraction of sp³-hybridized carbons (Fsp3) is 1.00. The van der Waals surface area contributed by atoms with E-state index in [0.717, 1.165) is 0 Å². The standard InChI is InChI=1S/CF3.Hg/c2-1(3)4;/q;+1. The van der Waals surface area contributed by atoms with E-state index in [1.807, 2.05) is 0 Å². The van der Waals surface area contributed by atoms with Crippen LogP contribution in [0.15, 0.2) is 0 Å². The molecule has 0 aromatic carbocycles. The molecule has 0 atom stereocenters. The molecule has 0 heterocycles. The molecule has 0 spiro atoms. The van der Waals surface area contributed by atoms with E-state index in [2.05, 4.69) is 0 Å². The Bertz CT molecular complexity index is 22.4. The summed E-state index contributed by atoms with van der Waals surface area (Å²) in [6.45, 7) is 0. The Balaban J connectivity index is 3.02. The molecule has 0 bridgehead atoms. The van der Waals surface area contributed by atoms with Crippen LogP contribution in [0.1, 0.15) is 0 Å². The first kappa shape index (κ1) is 5.73. The molecule has 0 unspecified atom stereocenters. The molecule has 0 aromatic heterocycles. The number of alkyl halides is 3. The molecule has 0 N–H and O–H groups in total. The third-order valence-electron chi connectivity index (χ3n) is 0. The molecule has 0 radical (unpaired) electrons. The van der Waals surface area contributed by atoms with E-state index in [0.29, 0.717) is 0 Å². The third kappa shape index (κ3) is 66.7. The summed E-state index contributed by atoms with van der Waals surface area (Å²) in [7, 11) is 0. The third-order valence-corrected chi connectivity index (χ3v) is 0. The van der Waals surface area contributed by atoms with Crippen LogP contribution in [-0.2, 0) is 26.1 Å². The molecule has 0 aliphatic rings. The summed E-state index contributed by atoms with van der Waals surface area (Å²) in [5.41, 5.74) is 0. The van der Waals surface area contributed by atoms with Gasteiger partial charge in [0.05, 0.1) is 0 Å². The van der Waals surface area contributed by atoms with Crippen molar-refractivity contribution in [3.05, 3.63) is 0 Å². The molecule has 4 heteroatoms. The second-order valence-corrected chi connectivity index (χ2v) is 3.73. The van der Waals surface area contributed by atoms with Crippen molar-refractivity contribution < 1.29 is 39.3 Å². The van der Waals surface area contributed by atoms with Crippen molar-refractivity contribution in [3.63, 3.8) is 0 Å². The molecular weight excluding hydrogens is 270 g/mol. The summed E-state index contributed by atoms with van der Waals surface area (Å²) < 4.78 is 27.5. The summed E-state index contributed by atoms with van der Waals surface area (Å²) in [5, 5.41) is 0. The van der Waals surface area contributed by atoms with Crippen LogP contribution in [0.4, 0.5) is 13.2 Å². The first-order valence-electron chi connectivity index (χ1n) is 0.921. The van der Waals surface area contributed by atoms with Crippen molar-refractivity contribution in [2.45, 2.75) is 3.69 Å². The van der Waals surface area contributed by atoms with Gasteiger partial charge in [0.15, 0.2) is 0 Å². The first-order chi connectivity index (χ1) is 2.00. The number of hydrogen-bond acceptors (Lipinski definition) is 0. The Labute approximate surface area is 43.3 Å². The minimum absolute atomic E-state index is 1.04. The van der Waals surface area contributed by atoms with Crippen LogP contribution in [0, 0.1) is 0 Å². The van der Waals surface area contributed by atoms with Gasteiger partial charge in [0.25, 0.3) is 0 Å². The van der Waals surface area contributed by atoms with Gasteiger partial charge in [-0.25, -0.2) is 0 Å². The second-order valence-electron chi connectivity index (χ2n) is 0.615. The van der Waals surface area contributed by atoms with Crippen molar-refractivity contribution in [1.29, 1.82) is 0 Å². The molecular formula is CF3Hg+. The van der Waals surface area contributed by atoms with Crippen LogP contribution in [0.25, 0.3) is 0 Å². The van der Waals surface area contributed by atoms with Crippen LogP contribution in [0.3, 0.4) is 0 Å². The van der Waals surface area contributed by atoms with Gasteiger partial charge in [-0.2, -0.15) is 0 Å². The van der Waals surface area contributed by atoms with Crippen molar-refractivity contribution in [2.75, 3.05) is 0 Å². The van der Waals surface area contributed by atoms with Crippen molar-refractivity contribution >= 4 is 0 Å². The van der Waals surface area contributed by atoms with Crippen molar-refractivity contribution in [3.8, 4) is 0 Å². The molecule has 0 saturated carbocycles. The summed E-state index contributed by atoms with van der Waals surface area (Å²) in [6, 6.07) is 0. The Morgan fingerprint density at radius 1 is 1.20 bits per heavy atom. The average molecular weight is 270 g/mol. The van der Waals surface area contributed by atoms with Crippen LogP contribution in [0.2, 0.25) is 0 Å². The van der Waals surface area contributed by atoms with Gasteiger partial charge in [-0.05, 0) is 0 Å². The minimum atomic E-state index is -3.81. The Morgan fingerprint density at radius 3 is 1.20 bits per heavy atom. The quantitative estimate of drug-likeness (QED) is 0.577.